The number of fused-ring (bicyclic) bond motifs is 2. The van der Waals surface area contributed by atoms with Gasteiger partial charge in [-0.3, -0.25) is 19.2 Å². The molecule has 4 heterocycles. The van der Waals surface area contributed by atoms with Crippen LogP contribution in [0.1, 0.15) is 66.7 Å². The van der Waals surface area contributed by atoms with Gasteiger partial charge in [-0.2, -0.15) is 0 Å². The Labute approximate surface area is 540 Å². The number of hydrogen-bond donors (Lipinski definition) is 7. The van der Waals surface area contributed by atoms with Crippen LogP contribution in [0.15, 0.2) is 181 Å². The first-order valence-corrected chi connectivity index (χ1v) is 31.8. The Morgan fingerprint density at radius 1 is 0.685 bits per heavy atom. The lowest BCUT2D eigenvalue weighted by Crippen LogP contribution is -2.34. The highest BCUT2D eigenvalue weighted by Crippen LogP contribution is 2.37. The van der Waals surface area contributed by atoms with E-state index >= 15 is 0 Å². The zero-order chi connectivity index (χ0) is 62.3. The Hall–Kier alpha value is -8.44. The summed E-state index contributed by atoms with van der Waals surface area (Å²) in [4.78, 5) is 71.0. The summed E-state index contributed by atoms with van der Waals surface area (Å²) >= 11 is 21.0. The Bertz CT molecular complexity index is 4110. The van der Waals surface area contributed by atoms with Crippen molar-refractivity contribution in [1.29, 1.82) is 0 Å². The molecule has 5 aromatic carbocycles. The van der Waals surface area contributed by atoms with Crippen molar-refractivity contribution < 1.29 is 27.6 Å². The number of amides is 3. The number of anilines is 4. The number of likely N-dealkylation sites (N-methyl/N-ethyl adjacent to an activating group) is 1. The number of aromatic nitrogens is 6. The van der Waals surface area contributed by atoms with Gasteiger partial charge in [0.05, 0.1) is 44.2 Å². The monoisotopic (exact) mass is 1340 g/mol. The van der Waals surface area contributed by atoms with Gasteiger partial charge in [0.15, 0.2) is 0 Å². The van der Waals surface area contributed by atoms with E-state index < -0.39 is 15.3 Å². The van der Waals surface area contributed by atoms with Crippen LogP contribution in [0.4, 0.5) is 23.3 Å². The quantitative estimate of drug-likeness (QED) is 0.0182. The van der Waals surface area contributed by atoms with Gasteiger partial charge in [-0.05, 0) is 143 Å². The number of para-hydroxylation sites is 2. The Balaban J connectivity index is 0.000000206. The second kappa shape index (κ2) is 31.1. The molecule has 8 N–H and O–H groups in total. The molecule has 2 aliphatic carbocycles. The van der Waals surface area contributed by atoms with Crippen LogP contribution in [-0.4, -0.2) is 115 Å². The first-order chi connectivity index (χ1) is 42.4. The molecule has 24 heteroatoms. The fraction of sp³-hybridized carbons (Fsp3) is 0.231. The minimum absolute atomic E-state index is 0. The number of hydrogen-bond acceptors (Lipinski definition) is 14. The molecule has 0 saturated heterocycles. The molecule has 0 radical (unpaired) electrons. The van der Waals surface area contributed by atoms with Gasteiger partial charge in [0.2, 0.25) is 23.0 Å². The number of carbonyl (C=O) groups is 4. The topological polar surface area (TPSA) is 264 Å². The third-order valence-electron chi connectivity index (χ3n) is 14.4. The largest absolute Gasteiger partial charge is 0.399 e. The van der Waals surface area contributed by atoms with E-state index in [1.807, 2.05) is 61.6 Å². The third-order valence-corrected chi connectivity index (χ3v) is 17.2. The number of nitrogens with one attached hydrogen (secondary N) is 6. The number of nitrogens with two attached hydrogens (primary N) is 1. The van der Waals surface area contributed by atoms with Crippen molar-refractivity contribution in [2.24, 2.45) is 0 Å². The molecular weight excluding hydrogens is 1280 g/mol. The van der Waals surface area contributed by atoms with Crippen LogP contribution in [-0.2, 0) is 19.6 Å². The number of halogens is 4. The fourth-order valence-corrected chi connectivity index (χ4v) is 12.2. The molecule has 462 valence electrons. The summed E-state index contributed by atoms with van der Waals surface area (Å²) < 4.78 is 28.3. The minimum Gasteiger partial charge on any atom is -0.399 e. The predicted molar refractivity (Wildman–Crippen MR) is 361 cm³/mol. The summed E-state index contributed by atoms with van der Waals surface area (Å²) in [5.74, 6) is 0.404. The van der Waals surface area contributed by atoms with Gasteiger partial charge in [0, 0.05) is 104 Å². The van der Waals surface area contributed by atoms with Crippen molar-refractivity contribution in [3.05, 3.63) is 198 Å². The predicted octanol–water partition coefficient (Wildman–Crippen LogP) is 12.8. The number of rotatable bonds is 18. The second-order valence-corrected chi connectivity index (χ2v) is 24.7. The fourth-order valence-electron chi connectivity index (χ4n) is 10.2. The molecule has 2 saturated carbocycles. The van der Waals surface area contributed by atoms with Crippen molar-refractivity contribution in [3.8, 4) is 22.5 Å². The van der Waals surface area contributed by atoms with Crippen LogP contribution < -0.4 is 32.3 Å². The summed E-state index contributed by atoms with van der Waals surface area (Å²) in [6.07, 6.45) is 17.7. The molecule has 4 aromatic heterocycles. The molecule has 9 aromatic rings. The number of aromatic amines is 1. The Morgan fingerprint density at radius 2 is 1.21 bits per heavy atom. The zero-order valence-electron chi connectivity index (χ0n) is 47.8. The zero-order valence-corrected chi connectivity index (χ0v) is 52.5. The molecule has 3 amide bonds. The molecule has 11 rings (SSSR count). The van der Waals surface area contributed by atoms with Crippen molar-refractivity contribution in [2.75, 3.05) is 47.7 Å². The van der Waals surface area contributed by atoms with Crippen molar-refractivity contribution in [1.82, 2.24) is 44.4 Å². The number of H-pyrrole nitrogens is 1. The highest BCUT2D eigenvalue weighted by atomic mass is 79.9. The third kappa shape index (κ3) is 17.7. The number of nitrogen functional groups attached to an aromatic ring is 1. The van der Waals surface area contributed by atoms with E-state index in [1.54, 1.807) is 116 Å². The van der Waals surface area contributed by atoms with E-state index in [1.165, 1.54) is 22.3 Å². The summed E-state index contributed by atoms with van der Waals surface area (Å²) in [6, 6.07) is 37.5. The number of nitrogens with zero attached hydrogens (tertiary/aromatic N) is 6. The average molecular weight is 1340 g/mol. The summed E-state index contributed by atoms with van der Waals surface area (Å²) in [5.41, 5.74) is 12.2. The lowest BCUT2D eigenvalue weighted by molar-refractivity contribution is -0.112. The van der Waals surface area contributed by atoms with Crippen molar-refractivity contribution in [3.63, 3.8) is 0 Å². The highest BCUT2D eigenvalue weighted by molar-refractivity contribution is 9.09. The number of allylic oxidation sites excluding steroid dienone is 2. The number of carbonyl (C=O) groups excluding carboxylic acids is 4. The van der Waals surface area contributed by atoms with Gasteiger partial charge < -0.3 is 42.2 Å². The molecule has 0 bridgehead atoms. The van der Waals surface area contributed by atoms with Crippen LogP contribution >= 0.6 is 50.7 Å². The maximum absolute atomic E-state index is 13.5. The van der Waals surface area contributed by atoms with Gasteiger partial charge in [0.25, 0.3) is 21.8 Å². The van der Waals surface area contributed by atoms with E-state index in [2.05, 4.69) is 57.5 Å². The smallest absolute Gasteiger partial charge is 0.268 e. The van der Waals surface area contributed by atoms with Crippen LogP contribution in [0, 0.1) is 0 Å². The van der Waals surface area contributed by atoms with Gasteiger partial charge in [-0.15, -0.1) is 0 Å². The number of alkyl halides is 1. The number of benzene rings is 5. The lowest BCUT2D eigenvalue weighted by Gasteiger charge is -2.15. The SMILES string of the molecule is C.CN(C)C/C=C/C(=O)Nc1ccc(C(=O)N[C@@H]2CCC(Nc3ncc(Cl)c(-c4c[nH]c5ccccc45)n3)C2)cc1.Nc1ccc(C(=O)N[C@@H]2CCC(Nc3ncc(Cl)c(-c4cn(S(=O)(=O)c5ccccc5)c5ccccc45)n3)C2)cc1.O=C(Cl)/C=C/CBr. The van der Waals surface area contributed by atoms with Gasteiger partial charge in [0.1, 0.15) is 0 Å². The van der Waals surface area contributed by atoms with Gasteiger partial charge in [-0.25, -0.2) is 32.3 Å². The average Bonchev–Trinajstić information content (AvgIpc) is 1.98. The second-order valence-electron chi connectivity index (χ2n) is 21.1. The van der Waals surface area contributed by atoms with Crippen molar-refractivity contribution in [2.45, 2.75) is 75.0 Å². The van der Waals surface area contributed by atoms with E-state index in [9.17, 15) is 27.6 Å². The normalized spacial score (nSPS) is 16.3. The van der Waals surface area contributed by atoms with Crippen LogP contribution in [0.5, 0.6) is 0 Å². The van der Waals surface area contributed by atoms with Crippen LogP contribution in [0.25, 0.3) is 44.3 Å². The standard InChI is InChI=1S/C30H32ClN7O2.C30H27ClN6O3S.C4H4BrClO.CH4/c1-38(2)15-5-8-27(39)34-20-11-9-19(10-12-20)29(40)35-21-13-14-22(16-21)36-30-33-18-25(31)28(37-30)24-17-32-26-7-4-3-6-23(24)26;31-26-17-33-30(35-22-15-14-21(16-22)34-29(38)19-10-12-20(32)13-11-19)36-28(26)25-18-37(27-9-5-4-8-24(25)27)41(39,40)23-6-2-1-3-7-23;5-3-1-2-4(6)7;/h3-12,17-18,21-22,32H,13-16H2,1-2H3,(H,34,39)(H,35,40)(H,33,36,37);1-13,17-18,21-22H,14-16,32H2,(H,34,38)(H,33,35,36);1-2H,3H2;1H4/b8-5+;;2-1+;/t2*21-,22?;;/m11../s1. The van der Waals surface area contributed by atoms with E-state index in [-0.39, 0.29) is 54.2 Å². The van der Waals surface area contributed by atoms with Crippen molar-refractivity contribution >= 4 is 129 Å². The molecule has 19 nitrogen and oxygen atoms in total. The summed E-state index contributed by atoms with van der Waals surface area (Å²) in [5, 5.41) is 18.6. The lowest BCUT2D eigenvalue weighted by atomic mass is 10.1. The maximum Gasteiger partial charge on any atom is 0.268 e. The molecular formula is C65H67BrCl3N13O6S. The van der Waals surface area contributed by atoms with Crippen LogP contribution in [0.2, 0.25) is 10.0 Å². The van der Waals surface area contributed by atoms with E-state index in [4.69, 9.17) is 50.5 Å². The molecule has 89 heavy (non-hydrogen) atoms. The maximum atomic E-state index is 13.5. The highest BCUT2D eigenvalue weighted by Gasteiger charge is 2.30. The molecule has 2 unspecified atom stereocenters. The molecule has 0 spiro atoms. The molecule has 0 aliphatic heterocycles. The van der Waals surface area contributed by atoms with Gasteiger partial charge in [-0.1, -0.05) is 113 Å². The van der Waals surface area contributed by atoms with Crippen LogP contribution in [0.3, 0.4) is 0 Å². The Morgan fingerprint density at radius 3 is 1.78 bits per heavy atom. The summed E-state index contributed by atoms with van der Waals surface area (Å²) in [6.45, 7) is 0.683. The molecule has 2 fully saturated rings. The Kier molecular flexibility index (Phi) is 23.3. The van der Waals surface area contributed by atoms with E-state index in [0.29, 0.717) is 90.6 Å². The first-order valence-electron chi connectivity index (χ1n) is 28.1. The molecule has 2 aliphatic rings. The van der Waals surface area contributed by atoms with Gasteiger partial charge >= 0.3 is 0 Å². The first kappa shape index (κ1) is 66.5. The van der Waals surface area contributed by atoms with E-state index in [0.717, 1.165) is 48.6 Å². The summed E-state index contributed by atoms with van der Waals surface area (Å²) in [7, 11) is 0.0107. The molecule has 4 atom stereocenters. The minimum atomic E-state index is -3.86.